The van der Waals surface area contributed by atoms with Crippen LogP contribution >= 0.6 is 0 Å². The molecule has 5 aromatic rings. The first-order valence-corrected chi connectivity index (χ1v) is 10.9. The molecule has 0 amide bonds. The molecule has 1 N–H and O–H groups in total. The van der Waals surface area contributed by atoms with Crippen LogP contribution in [0, 0.1) is 0 Å². The summed E-state index contributed by atoms with van der Waals surface area (Å²) in [4.78, 5) is 10.4. The normalized spacial score (nSPS) is 12.7. The number of H-pyrrole nitrogens is 1. The van der Waals surface area contributed by atoms with Crippen molar-refractivity contribution >= 4 is 11.0 Å². The van der Waals surface area contributed by atoms with Crippen LogP contribution in [0.5, 0.6) is 11.5 Å². The summed E-state index contributed by atoms with van der Waals surface area (Å²) in [6.07, 6.45) is 2.10. The van der Waals surface area contributed by atoms with Crippen molar-refractivity contribution in [1.29, 1.82) is 0 Å². The van der Waals surface area contributed by atoms with Crippen molar-refractivity contribution < 1.29 is 9.47 Å². The van der Waals surface area contributed by atoms with Gasteiger partial charge in [0.15, 0.2) is 11.5 Å². The van der Waals surface area contributed by atoms with Crippen LogP contribution in [0.2, 0.25) is 0 Å². The lowest BCUT2D eigenvalue weighted by molar-refractivity contribution is 0.174. The number of nitrogens with one attached hydrogen (secondary N) is 1. The topological polar surface area (TPSA) is 68.2 Å². The minimum Gasteiger partial charge on any atom is -0.454 e. The highest BCUT2D eigenvalue weighted by molar-refractivity contribution is 5.74. The summed E-state index contributed by atoms with van der Waals surface area (Å²) in [6, 6.07) is 24.2. The van der Waals surface area contributed by atoms with Crippen LogP contribution in [0.15, 0.2) is 79.0 Å². The third-order valence-electron chi connectivity index (χ3n) is 5.76. The molecule has 3 heterocycles. The maximum absolute atomic E-state index is 5.60. The first-order valence-electron chi connectivity index (χ1n) is 10.9. The van der Waals surface area contributed by atoms with Gasteiger partial charge < -0.3 is 14.5 Å². The number of rotatable bonds is 6. The van der Waals surface area contributed by atoms with E-state index in [4.69, 9.17) is 19.6 Å². The Labute approximate surface area is 191 Å². The average molecular weight is 438 g/mol. The Balaban J connectivity index is 1.32. The van der Waals surface area contributed by atoms with Crippen molar-refractivity contribution in [2.75, 3.05) is 13.8 Å². The van der Waals surface area contributed by atoms with Crippen LogP contribution in [-0.4, -0.2) is 38.5 Å². The Morgan fingerprint density at radius 1 is 0.939 bits per heavy atom. The number of fused-ring (bicyclic) bond motifs is 2. The standard InChI is InChI=1S/C26H23N5O2/c1-30(16-25-27-21-9-5-6-10-22(21)28-25)14-19-15-31(20-7-3-2-4-8-20)29-26(19)18-11-12-23-24(13-18)33-17-32-23/h2-13,15H,14,16-17H2,1H3,(H,27,28). The molecule has 1 aliphatic rings. The molecule has 1 aliphatic heterocycles. The minimum atomic E-state index is 0.254. The molecule has 0 radical (unpaired) electrons. The Morgan fingerprint density at radius 3 is 2.64 bits per heavy atom. The van der Waals surface area contributed by atoms with E-state index in [9.17, 15) is 0 Å². The van der Waals surface area contributed by atoms with E-state index in [-0.39, 0.29) is 6.79 Å². The molecule has 164 valence electrons. The minimum absolute atomic E-state index is 0.254. The van der Waals surface area contributed by atoms with Crippen LogP contribution in [-0.2, 0) is 13.1 Å². The van der Waals surface area contributed by atoms with Gasteiger partial charge >= 0.3 is 0 Å². The van der Waals surface area contributed by atoms with Crippen molar-refractivity contribution in [3.63, 3.8) is 0 Å². The highest BCUT2D eigenvalue weighted by Gasteiger charge is 2.19. The number of para-hydroxylation sites is 3. The molecule has 6 rings (SSSR count). The fourth-order valence-corrected chi connectivity index (χ4v) is 4.21. The number of nitrogens with zero attached hydrogens (tertiary/aromatic N) is 4. The van der Waals surface area contributed by atoms with Gasteiger partial charge in [-0.25, -0.2) is 9.67 Å². The first kappa shape index (κ1) is 19.6. The highest BCUT2D eigenvalue weighted by atomic mass is 16.7. The van der Waals surface area contributed by atoms with Gasteiger partial charge in [-0.1, -0.05) is 30.3 Å². The van der Waals surface area contributed by atoms with E-state index in [1.807, 2.05) is 65.3 Å². The second kappa shape index (κ2) is 8.11. The summed E-state index contributed by atoms with van der Waals surface area (Å²) >= 11 is 0. The van der Waals surface area contributed by atoms with Gasteiger partial charge in [0.25, 0.3) is 0 Å². The van der Waals surface area contributed by atoms with Gasteiger partial charge in [0.05, 0.1) is 29.0 Å². The molecule has 7 nitrogen and oxygen atoms in total. The van der Waals surface area contributed by atoms with E-state index in [1.54, 1.807) is 0 Å². The van der Waals surface area contributed by atoms with Crippen LogP contribution in [0.3, 0.4) is 0 Å². The first-order chi connectivity index (χ1) is 16.2. The van der Waals surface area contributed by atoms with Crippen LogP contribution in [0.25, 0.3) is 28.0 Å². The highest BCUT2D eigenvalue weighted by Crippen LogP contribution is 2.36. The molecule has 0 spiro atoms. The van der Waals surface area contributed by atoms with Gasteiger partial charge in [-0.15, -0.1) is 0 Å². The van der Waals surface area contributed by atoms with Crippen molar-refractivity contribution in [2.24, 2.45) is 0 Å². The molecule has 0 saturated heterocycles. The van der Waals surface area contributed by atoms with Gasteiger partial charge in [-0.05, 0) is 49.5 Å². The summed E-state index contributed by atoms with van der Waals surface area (Å²) < 4.78 is 13.0. The van der Waals surface area contributed by atoms with Crippen LogP contribution < -0.4 is 9.47 Å². The zero-order valence-electron chi connectivity index (χ0n) is 18.2. The number of benzene rings is 3. The molecule has 3 aromatic carbocycles. The Kier molecular flexibility index (Phi) is 4.81. The second-order valence-electron chi connectivity index (χ2n) is 8.22. The predicted octanol–water partition coefficient (Wildman–Crippen LogP) is 4.78. The van der Waals surface area contributed by atoms with E-state index < -0.39 is 0 Å². The maximum atomic E-state index is 5.60. The van der Waals surface area contributed by atoms with E-state index in [1.165, 1.54) is 0 Å². The van der Waals surface area contributed by atoms with Gasteiger partial charge in [0.2, 0.25) is 6.79 Å². The van der Waals surface area contributed by atoms with Crippen LogP contribution in [0.1, 0.15) is 11.4 Å². The van der Waals surface area contributed by atoms with E-state index in [2.05, 4.69) is 35.3 Å². The molecule has 33 heavy (non-hydrogen) atoms. The Morgan fingerprint density at radius 2 is 1.76 bits per heavy atom. The number of aromatic nitrogens is 4. The fourth-order valence-electron chi connectivity index (χ4n) is 4.21. The average Bonchev–Trinajstić information content (AvgIpc) is 3.56. The van der Waals surface area contributed by atoms with Gasteiger partial charge in [0.1, 0.15) is 5.82 Å². The fraction of sp³-hybridized carbons (Fsp3) is 0.154. The zero-order valence-corrected chi connectivity index (χ0v) is 18.2. The summed E-state index contributed by atoms with van der Waals surface area (Å²) in [7, 11) is 2.09. The van der Waals surface area contributed by atoms with Crippen molar-refractivity contribution in [3.8, 4) is 28.4 Å². The van der Waals surface area contributed by atoms with Gasteiger partial charge in [0, 0.05) is 23.9 Å². The Bertz CT molecular complexity index is 1390. The van der Waals surface area contributed by atoms with E-state index >= 15 is 0 Å². The molecule has 0 saturated carbocycles. The third-order valence-corrected chi connectivity index (χ3v) is 5.76. The summed E-state index contributed by atoms with van der Waals surface area (Å²) in [5.41, 5.74) is 6.11. The largest absolute Gasteiger partial charge is 0.454 e. The van der Waals surface area contributed by atoms with E-state index in [0.29, 0.717) is 13.1 Å². The SMILES string of the molecule is CN(Cc1nc2ccccc2[nH]1)Cc1cn(-c2ccccc2)nc1-c1ccc2c(c1)OCO2. The van der Waals surface area contributed by atoms with Crippen molar-refractivity contribution in [1.82, 2.24) is 24.6 Å². The second-order valence-corrected chi connectivity index (χ2v) is 8.22. The number of aromatic amines is 1. The summed E-state index contributed by atoms with van der Waals surface area (Å²) in [6.45, 7) is 1.67. The number of ether oxygens (including phenoxy) is 2. The molecular formula is C26H23N5O2. The smallest absolute Gasteiger partial charge is 0.231 e. The van der Waals surface area contributed by atoms with Crippen molar-refractivity contribution in [3.05, 3.63) is 90.4 Å². The Hall–Kier alpha value is -4.10. The van der Waals surface area contributed by atoms with Gasteiger partial charge in [-0.3, -0.25) is 4.90 Å². The van der Waals surface area contributed by atoms with Crippen molar-refractivity contribution in [2.45, 2.75) is 13.1 Å². The molecule has 7 heteroatoms. The lowest BCUT2D eigenvalue weighted by atomic mass is 10.1. The molecule has 2 aromatic heterocycles. The quantitative estimate of drug-likeness (QED) is 0.414. The predicted molar refractivity (Wildman–Crippen MR) is 126 cm³/mol. The molecular weight excluding hydrogens is 414 g/mol. The number of hydrogen-bond acceptors (Lipinski definition) is 5. The van der Waals surface area contributed by atoms with Gasteiger partial charge in [-0.2, -0.15) is 5.10 Å². The maximum Gasteiger partial charge on any atom is 0.231 e. The molecule has 0 bridgehead atoms. The zero-order chi connectivity index (χ0) is 22.2. The molecule has 0 aliphatic carbocycles. The molecule has 0 fully saturated rings. The summed E-state index contributed by atoms with van der Waals surface area (Å²) in [5, 5.41) is 4.94. The number of imidazole rings is 1. The lowest BCUT2D eigenvalue weighted by Crippen LogP contribution is -2.18. The summed E-state index contributed by atoms with van der Waals surface area (Å²) in [5.74, 6) is 2.46. The molecule has 0 atom stereocenters. The molecule has 0 unspecified atom stereocenters. The number of hydrogen-bond donors (Lipinski definition) is 1. The van der Waals surface area contributed by atoms with E-state index in [0.717, 1.165) is 50.9 Å². The van der Waals surface area contributed by atoms with Crippen LogP contribution in [0.4, 0.5) is 0 Å². The third kappa shape index (κ3) is 3.83. The monoisotopic (exact) mass is 437 g/mol. The lowest BCUT2D eigenvalue weighted by Gasteiger charge is -2.15.